The second-order valence-electron chi connectivity index (χ2n) is 4.18. The maximum atomic E-state index is 12.0. The molecular formula is C13H12BrN3O3. The predicted molar refractivity (Wildman–Crippen MR) is 75.6 cm³/mol. The molecule has 3 N–H and O–H groups in total. The number of benzene rings is 1. The molecule has 0 saturated heterocycles. The average Bonchev–Trinajstić information content (AvgIpc) is 2.88. The van der Waals surface area contributed by atoms with Crippen LogP contribution in [0.15, 0.2) is 35.1 Å². The Hall–Kier alpha value is -2.15. The van der Waals surface area contributed by atoms with Gasteiger partial charge in [-0.25, -0.2) is 9.78 Å². The Balaban J connectivity index is 2.13. The normalized spacial score (nSPS) is 11.9. The largest absolute Gasteiger partial charge is 0.477 e. The minimum absolute atomic E-state index is 0.124. The van der Waals surface area contributed by atoms with Crippen molar-refractivity contribution in [2.24, 2.45) is 0 Å². The fourth-order valence-corrected chi connectivity index (χ4v) is 1.99. The number of aromatic carboxylic acids is 1. The summed E-state index contributed by atoms with van der Waals surface area (Å²) >= 11 is 3.34. The van der Waals surface area contributed by atoms with Crippen molar-refractivity contribution in [2.75, 3.05) is 0 Å². The van der Waals surface area contributed by atoms with E-state index in [2.05, 4.69) is 31.2 Å². The number of carbonyl (C=O) groups excluding carboxylic acids is 1. The zero-order valence-corrected chi connectivity index (χ0v) is 12.1. The third kappa shape index (κ3) is 3.05. The monoisotopic (exact) mass is 337 g/mol. The van der Waals surface area contributed by atoms with Crippen LogP contribution in [0, 0.1) is 0 Å². The lowest BCUT2D eigenvalue weighted by Crippen LogP contribution is -2.28. The van der Waals surface area contributed by atoms with Crippen LogP contribution < -0.4 is 5.32 Å². The van der Waals surface area contributed by atoms with Crippen LogP contribution in [0.25, 0.3) is 0 Å². The number of aromatic nitrogens is 2. The van der Waals surface area contributed by atoms with Crippen LogP contribution in [-0.2, 0) is 0 Å². The summed E-state index contributed by atoms with van der Waals surface area (Å²) in [6.07, 6.45) is 1.18. The molecule has 0 fully saturated rings. The van der Waals surface area contributed by atoms with E-state index < -0.39 is 11.9 Å². The van der Waals surface area contributed by atoms with Gasteiger partial charge in [0.15, 0.2) is 11.4 Å². The van der Waals surface area contributed by atoms with E-state index in [0.717, 1.165) is 10.0 Å². The van der Waals surface area contributed by atoms with Crippen LogP contribution in [0.1, 0.15) is 39.5 Å². The number of imidazole rings is 1. The number of hydrogen-bond donors (Lipinski definition) is 3. The Kier molecular flexibility index (Phi) is 4.19. The maximum Gasteiger partial charge on any atom is 0.354 e. The van der Waals surface area contributed by atoms with Crippen molar-refractivity contribution < 1.29 is 14.7 Å². The van der Waals surface area contributed by atoms with E-state index in [9.17, 15) is 9.59 Å². The van der Waals surface area contributed by atoms with Gasteiger partial charge in [-0.1, -0.05) is 28.1 Å². The van der Waals surface area contributed by atoms with E-state index in [1.54, 1.807) is 0 Å². The molecule has 6 nitrogen and oxygen atoms in total. The van der Waals surface area contributed by atoms with E-state index in [1.807, 2.05) is 31.2 Å². The number of carbonyl (C=O) groups is 2. The fourth-order valence-electron chi connectivity index (χ4n) is 1.73. The molecule has 0 aliphatic heterocycles. The summed E-state index contributed by atoms with van der Waals surface area (Å²) < 4.78 is 0.945. The Morgan fingerprint density at radius 2 is 2.00 bits per heavy atom. The molecule has 104 valence electrons. The van der Waals surface area contributed by atoms with Gasteiger partial charge in [0.25, 0.3) is 5.91 Å². The number of hydrogen-bond acceptors (Lipinski definition) is 3. The molecule has 1 aromatic carbocycles. The first-order valence-corrected chi connectivity index (χ1v) is 6.61. The van der Waals surface area contributed by atoms with Gasteiger partial charge in [0, 0.05) is 4.47 Å². The highest BCUT2D eigenvalue weighted by atomic mass is 79.9. The Bertz CT molecular complexity index is 637. The molecule has 0 aliphatic carbocycles. The van der Waals surface area contributed by atoms with Crippen LogP contribution in [0.4, 0.5) is 0 Å². The zero-order chi connectivity index (χ0) is 14.7. The van der Waals surface area contributed by atoms with Crippen LogP contribution in [0.5, 0.6) is 0 Å². The lowest BCUT2D eigenvalue weighted by atomic mass is 10.1. The van der Waals surface area contributed by atoms with Crippen molar-refractivity contribution in [3.63, 3.8) is 0 Å². The van der Waals surface area contributed by atoms with Gasteiger partial charge in [-0.2, -0.15) is 0 Å². The second-order valence-corrected chi connectivity index (χ2v) is 5.09. The van der Waals surface area contributed by atoms with Crippen molar-refractivity contribution in [3.05, 3.63) is 52.0 Å². The highest BCUT2D eigenvalue weighted by molar-refractivity contribution is 9.10. The van der Waals surface area contributed by atoms with E-state index in [1.165, 1.54) is 6.33 Å². The summed E-state index contributed by atoms with van der Waals surface area (Å²) in [5.74, 6) is -1.75. The first-order valence-electron chi connectivity index (χ1n) is 5.82. The Labute approximate surface area is 123 Å². The molecule has 2 rings (SSSR count). The van der Waals surface area contributed by atoms with Crippen molar-refractivity contribution >= 4 is 27.8 Å². The number of rotatable bonds is 4. The third-order valence-corrected chi connectivity index (χ3v) is 3.31. The number of amides is 1. The predicted octanol–water partition coefficient (Wildman–Crippen LogP) is 2.36. The molecule has 1 atom stereocenters. The number of carboxylic acids is 1. The van der Waals surface area contributed by atoms with Crippen LogP contribution in [0.3, 0.4) is 0 Å². The van der Waals surface area contributed by atoms with Gasteiger partial charge in [0.1, 0.15) is 0 Å². The smallest absolute Gasteiger partial charge is 0.354 e. The minimum atomic E-state index is -1.22. The highest BCUT2D eigenvalue weighted by Crippen LogP contribution is 2.17. The third-order valence-electron chi connectivity index (χ3n) is 2.79. The first kappa shape index (κ1) is 14.3. The summed E-state index contributed by atoms with van der Waals surface area (Å²) in [7, 11) is 0. The number of aromatic amines is 1. The number of carboxylic acid groups (broad SMARTS) is 1. The first-order chi connectivity index (χ1) is 9.49. The highest BCUT2D eigenvalue weighted by Gasteiger charge is 2.21. The van der Waals surface area contributed by atoms with E-state index in [4.69, 9.17) is 5.11 Å². The van der Waals surface area contributed by atoms with Gasteiger partial charge >= 0.3 is 5.97 Å². The molecule has 20 heavy (non-hydrogen) atoms. The number of halogens is 1. The molecule has 0 unspecified atom stereocenters. The van der Waals surface area contributed by atoms with E-state index >= 15 is 0 Å². The molecular weight excluding hydrogens is 326 g/mol. The van der Waals surface area contributed by atoms with Crippen LogP contribution in [-0.4, -0.2) is 27.0 Å². The van der Waals surface area contributed by atoms with E-state index in [-0.39, 0.29) is 17.4 Å². The molecule has 0 radical (unpaired) electrons. The van der Waals surface area contributed by atoms with Crippen LogP contribution >= 0.6 is 15.9 Å². The fraction of sp³-hybridized carbons (Fsp3) is 0.154. The van der Waals surface area contributed by atoms with Crippen molar-refractivity contribution in [1.29, 1.82) is 0 Å². The van der Waals surface area contributed by atoms with Gasteiger partial charge in [-0.05, 0) is 24.6 Å². The SMILES string of the molecule is C[C@H](NC(=O)c1nc[nH]c1C(=O)O)c1ccc(Br)cc1. The minimum Gasteiger partial charge on any atom is -0.477 e. The molecule has 0 aliphatic rings. The molecule has 1 aromatic heterocycles. The van der Waals surface area contributed by atoms with Crippen molar-refractivity contribution in [2.45, 2.75) is 13.0 Å². The quantitative estimate of drug-likeness (QED) is 0.798. The topological polar surface area (TPSA) is 95.1 Å². The lowest BCUT2D eigenvalue weighted by Gasteiger charge is -2.13. The standard InChI is InChI=1S/C13H12BrN3O3/c1-7(8-2-4-9(14)5-3-8)17-12(18)10-11(13(19)20)16-6-15-10/h2-7H,1H3,(H,15,16)(H,17,18)(H,19,20)/t7-/m0/s1. The summed E-state index contributed by atoms with van der Waals surface area (Å²) in [5, 5.41) is 11.6. The second kappa shape index (κ2) is 5.87. The maximum absolute atomic E-state index is 12.0. The summed E-state index contributed by atoms with van der Waals surface area (Å²) in [6.45, 7) is 1.81. The zero-order valence-electron chi connectivity index (χ0n) is 10.6. The molecule has 0 bridgehead atoms. The van der Waals surface area contributed by atoms with Gasteiger partial charge in [0.2, 0.25) is 0 Å². The molecule has 0 spiro atoms. The van der Waals surface area contributed by atoms with Crippen LogP contribution in [0.2, 0.25) is 0 Å². The molecule has 7 heteroatoms. The summed E-state index contributed by atoms with van der Waals surface area (Å²) in [6, 6.07) is 7.23. The Morgan fingerprint density at radius 3 is 2.60 bits per heavy atom. The van der Waals surface area contributed by atoms with Crippen molar-refractivity contribution in [1.82, 2.24) is 15.3 Å². The van der Waals surface area contributed by atoms with Crippen molar-refractivity contribution in [3.8, 4) is 0 Å². The molecule has 1 amide bonds. The Morgan fingerprint density at radius 1 is 1.35 bits per heavy atom. The number of nitrogens with one attached hydrogen (secondary N) is 2. The van der Waals surface area contributed by atoms with Gasteiger partial charge in [-0.15, -0.1) is 0 Å². The molecule has 2 aromatic rings. The van der Waals surface area contributed by atoms with Gasteiger partial charge in [0.05, 0.1) is 12.4 Å². The number of H-pyrrole nitrogens is 1. The van der Waals surface area contributed by atoms with Gasteiger partial charge in [-0.3, -0.25) is 4.79 Å². The average molecular weight is 338 g/mol. The number of nitrogens with zero attached hydrogens (tertiary/aromatic N) is 1. The van der Waals surface area contributed by atoms with Gasteiger partial charge < -0.3 is 15.4 Å². The van der Waals surface area contributed by atoms with E-state index in [0.29, 0.717) is 0 Å². The summed E-state index contributed by atoms with van der Waals surface area (Å²) in [4.78, 5) is 29.1. The lowest BCUT2D eigenvalue weighted by molar-refractivity contribution is 0.0684. The molecule has 1 heterocycles. The molecule has 0 saturated carbocycles. The summed E-state index contributed by atoms with van der Waals surface area (Å²) in [5.41, 5.74) is 0.570.